The number of carbonyl (C=O) groups is 1. The van der Waals surface area contributed by atoms with Gasteiger partial charge in [0, 0.05) is 44.7 Å². The van der Waals surface area contributed by atoms with E-state index in [-0.39, 0.29) is 18.6 Å². The number of hydrogen-bond donors (Lipinski definition) is 1. The SMILES string of the molecule is CCN(C(=O)C=Cc1cnc(N(C)C)nc1)[C@H]1COC[C@@H]1O. The second-order valence-electron chi connectivity index (χ2n) is 5.34. The largest absolute Gasteiger partial charge is 0.388 e. The highest BCUT2D eigenvalue weighted by atomic mass is 16.5. The van der Waals surface area contributed by atoms with Crippen molar-refractivity contribution in [1.29, 1.82) is 0 Å². The lowest BCUT2D eigenvalue weighted by molar-refractivity contribution is -0.129. The van der Waals surface area contributed by atoms with Crippen molar-refractivity contribution in [1.82, 2.24) is 14.9 Å². The normalized spacial score (nSPS) is 21.3. The smallest absolute Gasteiger partial charge is 0.246 e. The van der Waals surface area contributed by atoms with Crippen LogP contribution in [0.4, 0.5) is 5.95 Å². The molecule has 1 aromatic heterocycles. The number of nitrogens with zero attached hydrogens (tertiary/aromatic N) is 4. The van der Waals surface area contributed by atoms with Crippen LogP contribution < -0.4 is 4.90 Å². The zero-order valence-corrected chi connectivity index (χ0v) is 13.1. The molecule has 0 saturated carbocycles. The molecule has 1 fully saturated rings. The van der Waals surface area contributed by atoms with Crippen molar-refractivity contribution in [3.8, 4) is 0 Å². The highest BCUT2D eigenvalue weighted by Crippen LogP contribution is 2.14. The summed E-state index contributed by atoms with van der Waals surface area (Å²) in [6, 6.07) is -0.283. The summed E-state index contributed by atoms with van der Waals surface area (Å²) in [5.41, 5.74) is 0.748. The summed E-state index contributed by atoms with van der Waals surface area (Å²) in [5, 5.41) is 9.84. The van der Waals surface area contributed by atoms with Gasteiger partial charge in [-0.3, -0.25) is 4.79 Å². The fraction of sp³-hybridized carbons (Fsp3) is 0.533. The number of anilines is 1. The number of ether oxygens (including phenoxy) is 1. The molecule has 0 spiro atoms. The van der Waals surface area contributed by atoms with Gasteiger partial charge in [-0.25, -0.2) is 9.97 Å². The quantitative estimate of drug-likeness (QED) is 0.781. The molecule has 120 valence electrons. The molecular weight excluding hydrogens is 284 g/mol. The predicted octanol–water partition coefficient (Wildman–Crippen LogP) is 0.164. The molecule has 22 heavy (non-hydrogen) atoms. The third kappa shape index (κ3) is 3.80. The zero-order valence-electron chi connectivity index (χ0n) is 13.1. The van der Waals surface area contributed by atoms with Gasteiger partial charge < -0.3 is 19.6 Å². The maximum Gasteiger partial charge on any atom is 0.246 e. The minimum absolute atomic E-state index is 0.159. The number of aliphatic hydroxyl groups excluding tert-OH is 1. The van der Waals surface area contributed by atoms with Gasteiger partial charge in [0.1, 0.15) is 0 Å². The molecule has 2 rings (SSSR count). The second-order valence-corrected chi connectivity index (χ2v) is 5.34. The van der Waals surface area contributed by atoms with Crippen LogP contribution in [0, 0.1) is 0 Å². The third-order valence-electron chi connectivity index (χ3n) is 3.52. The zero-order chi connectivity index (χ0) is 16.1. The molecule has 1 aromatic rings. The van der Waals surface area contributed by atoms with Gasteiger partial charge in [-0.15, -0.1) is 0 Å². The predicted molar refractivity (Wildman–Crippen MR) is 83.4 cm³/mol. The molecule has 7 heteroatoms. The number of aromatic nitrogens is 2. The van der Waals surface area contributed by atoms with E-state index >= 15 is 0 Å². The molecule has 0 aromatic carbocycles. The number of aliphatic hydroxyl groups is 1. The molecule has 1 amide bonds. The molecule has 0 unspecified atom stereocenters. The molecular formula is C15H22N4O3. The first-order valence-corrected chi connectivity index (χ1v) is 7.26. The van der Waals surface area contributed by atoms with Crippen LogP contribution in [-0.2, 0) is 9.53 Å². The van der Waals surface area contributed by atoms with Crippen molar-refractivity contribution in [2.45, 2.75) is 19.1 Å². The molecule has 0 aliphatic carbocycles. The van der Waals surface area contributed by atoms with Crippen molar-refractivity contribution in [3.63, 3.8) is 0 Å². The molecule has 1 aliphatic heterocycles. The van der Waals surface area contributed by atoms with Gasteiger partial charge in [0.15, 0.2) is 0 Å². The molecule has 2 atom stereocenters. The standard InChI is InChI=1S/C15H22N4O3/c1-4-19(12-9-22-10-13(12)20)14(21)6-5-11-7-16-15(17-8-11)18(2)3/h5-8,12-13,20H,4,9-10H2,1-3H3/t12-,13-/m0/s1. The highest BCUT2D eigenvalue weighted by Gasteiger charge is 2.32. The fourth-order valence-electron chi connectivity index (χ4n) is 2.29. The first-order valence-electron chi connectivity index (χ1n) is 7.26. The molecule has 1 aliphatic rings. The van der Waals surface area contributed by atoms with Crippen LogP contribution in [0.25, 0.3) is 6.08 Å². The molecule has 1 N–H and O–H groups in total. The Hall–Kier alpha value is -1.99. The average molecular weight is 306 g/mol. The molecule has 1 saturated heterocycles. The Labute approximate surface area is 130 Å². The summed E-state index contributed by atoms with van der Waals surface area (Å²) in [4.78, 5) is 24.1. The Morgan fingerprint density at radius 2 is 2.09 bits per heavy atom. The van der Waals surface area contributed by atoms with Gasteiger partial charge in [-0.05, 0) is 13.0 Å². The number of rotatable bonds is 5. The van der Waals surface area contributed by atoms with E-state index in [1.807, 2.05) is 21.0 Å². The van der Waals surface area contributed by atoms with E-state index in [9.17, 15) is 9.90 Å². The van der Waals surface area contributed by atoms with Crippen LogP contribution >= 0.6 is 0 Å². The second kappa shape index (κ2) is 7.33. The van der Waals surface area contributed by atoms with Crippen molar-refractivity contribution < 1.29 is 14.6 Å². The van der Waals surface area contributed by atoms with Crippen LogP contribution in [0.5, 0.6) is 0 Å². The lowest BCUT2D eigenvalue weighted by atomic mass is 10.1. The maximum absolute atomic E-state index is 12.3. The lowest BCUT2D eigenvalue weighted by Gasteiger charge is -2.27. The average Bonchev–Trinajstić information content (AvgIpc) is 2.92. The van der Waals surface area contributed by atoms with Crippen LogP contribution in [-0.4, -0.2) is 71.9 Å². The van der Waals surface area contributed by atoms with Gasteiger partial charge >= 0.3 is 0 Å². The number of amides is 1. The van der Waals surface area contributed by atoms with Gasteiger partial charge in [-0.2, -0.15) is 0 Å². The van der Waals surface area contributed by atoms with E-state index in [4.69, 9.17) is 4.74 Å². The minimum Gasteiger partial charge on any atom is -0.388 e. The first kappa shape index (κ1) is 16.4. The summed E-state index contributed by atoms with van der Waals surface area (Å²) in [6.07, 6.45) is 5.85. The summed E-state index contributed by atoms with van der Waals surface area (Å²) in [5.74, 6) is 0.457. The molecule has 0 radical (unpaired) electrons. The van der Waals surface area contributed by atoms with Gasteiger partial charge in [0.2, 0.25) is 11.9 Å². The Morgan fingerprint density at radius 3 is 2.59 bits per heavy atom. The lowest BCUT2D eigenvalue weighted by Crippen LogP contribution is -2.45. The van der Waals surface area contributed by atoms with Crippen molar-refractivity contribution in [2.75, 3.05) is 38.8 Å². The van der Waals surface area contributed by atoms with Crippen LogP contribution in [0.1, 0.15) is 12.5 Å². The number of carbonyl (C=O) groups excluding carboxylic acids is 1. The Kier molecular flexibility index (Phi) is 5.46. The Morgan fingerprint density at radius 1 is 1.41 bits per heavy atom. The topological polar surface area (TPSA) is 78.8 Å². The van der Waals surface area contributed by atoms with E-state index in [0.29, 0.717) is 19.1 Å². The fourth-order valence-corrected chi connectivity index (χ4v) is 2.29. The number of hydrogen-bond acceptors (Lipinski definition) is 6. The van der Waals surface area contributed by atoms with Gasteiger partial charge in [0.05, 0.1) is 25.4 Å². The van der Waals surface area contributed by atoms with Crippen molar-refractivity contribution in [2.24, 2.45) is 0 Å². The Bertz CT molecular complexity index is 530. The summed E-state index contributed by atoms with van der Waals surface area (Å²) in [7, 11) is 3.73. The highest BCUT2D eigenvalue weighted by molar-refractivity contribution is 5.92. The van der Waals surface area contributed by atoms with E-state index in [1.165, 1.54) is 6.08 Å². The monoisotopic (exact) mass is 306 g/mol. The van der Waals surface area contributed by atoms with E-state index in [0.717, 1.165) is 5.56 Å². The molecule has 2 heterocycles. The van der Waals surface area contributed by atoms with E-state index < -0.39 is 6.10 Å². The van der Waals surface area contributed by atoms with E-state index in [2.05, 4.69) is 9.97 Å². The van der Waals surface area contributed by atoms with Gasteiger partial charge in [0.25, 0.3) is 0 Å². The molecule has 7 nitrogen and oxygen atoms in total. The van der Waals surface area contributed by atoms with Gasteiger partial charge in [-0.1, -0.05) is 0 Å². The van der Waals surface area contributed by atoms with Crippen LogP contribution in [0.3, 0.4) is 0 Å². The summed E-state index contributed by atoms with van der Waals surface area (Å²) >= 11 is 0. The first-order chi connectivity index (χ1) is 10.5. The van der Waals surface area contributed by atoms with Crippen LogP contribution in [0.2, 0.25) is 0 Å². The van der Waals surface area contributed by atoms with Crippen molar-refractivity contribution >= 4 is 17.9 Å². The third-order valence-corrected chi connectivity index (χ3v) is 3.52. The maximum atomic E-state index is 12.3. The Balaban J connectivity index is 2.02. The summed E-state index contributed by atoms with van der Waals surface area (Å²) in [6.45, 7) is 3.04. The van der Waals surface area contributed by atoms with Crippen molar-refractivity contribution in [3.05, 3.63) is 24.0 Å². The molecule has 0 bridgehead atoms. The van der Waals surface area contributed by atoms with Crippen LogP contribution in [0.15, 0.2) is 18.5 Å². The van der Waals surface area contributed by atoms with E-state index in [1.54, 1.807) is 28.3 Å². The summed E-state index contributed by atoms with van der Waals surface area (Å²) < 4.78 is 5.21. The number of likely N-dealkylation sites (N-methyl/N-ethyl adjacent to an activating group) is 1. The minimum atomic E-state index is -0.625.